The van der Waals surface area contributed by atoms with Crippen LogP contribution in [0.2, 0.25) is 0 Å². The topological polar surface area (TPSA) is 86.1 Å². The zero-order chi connectivity index (χ0) is 31.4. The molecule has 226 valence electrons. The Morgan fingerprint density at radius 2 is 1.80 bits per heavy atom. The van der Waals surface area contributed by atoms with Crippen LogP contribution in [0.25, 0.3) is 5.70 Å². The Balaban J connectivity index is 1.69. The molecule has 0 spiro atoms. The van der Waals surface area contributed by atoms with Gasteiger partial charge in [-0.1, -0.05) is 36.4 Å². The summed E-state index contributed by atoms with van der Waals surface area (Å²) >= 11 is 0. The number of hydrogen-bond acceptors (Lipinski definition) is 8. The first-order chi connectivity index (χ1) is 21.2. The summed E-state index contributed by atoms with van der Waals surface area (Å²) in [5, 5.41) is 10.7. The van der Waals surface area contributed by atoms with E-state index in [4.69, 9.17) is 9.47 Å². The van der Waals surface area contributed by atoms with Crippen molar-refractivity contribution >= 4 is 17.4 Å². The predicted octanol–water partition coefficient (Wildman–Crippen LogP) is 4.88. The molecule has 2 atom stereocenters. The van der Waals surface area contributed by atoms with E-state index in [1.54, 1.807) is 43.2 Å². The Morgan fingerprint density at radius 3 is 2.43 bits per heavy atom. The Labute approximate surface area is 255 Å². The van der Waals surface area contributed by atoms with Gasteiger partial charge in [0.05, 0.1) is 43.8 Å². The summed E-state index contributed by atoms with van der Waals surface area (Å²) in [6, 6.07) is 20.2. The molecule has 8 nitrogen and oxygen atoms in total. The second-order valence-electron chi connectivity index (χ2n) is 10.6. The molecule has 3 aromatic carbocycles. The van der Waals surface area contributed by atoms with Crippen LogP contribution in [0.5, 0.6) is 5.75 Å². The van der Waals surface area contributed by atoms with Gasteiger partial charge in [-0.05, 0) is 61.0 Å². The molecule has 3 aromatic rings. The van der Waals surface area contributed by atoms with Gasteiger partial charge in [0, 0.05) is 25.1 Å². The maximum atomic E-state index is 15.0. The van der Waals surface area contributed by atoms with Gasteiger partial charge in [0.25, 0.3) is 0 Å². The summed E-state index contributed by atoms with van der Waals surface area (Å²) in [6.45, 7) is 2.48. The smallest absolute Gasteiger partial charge is 0.337 e. The molecule has 0 fully saturated rings. The number of rotatable bonds is 10. The fourth-order valence-electron chi connectivity index (χ4n) is 5.73. The Bertz CT molecular complexity index is 1650. The number of ether oxygens (including phenoxy) is 2. The van der Waals surface area contributed by atoms with Gasteiger partial charge in [0.15, 0.2) is 11.8 Å². The van der Waals surface area contributed by atoms with Gasteiger partial charge in [-0.15, -0.1) is 0 Å². The molecule has 2 aliphatic heterocycles. The van der Waals surface area contributed by atoms with Crippen molar-refractivity contribution in [1.82, 2.24) is 14.7 Å². The van der Waals surface area contributed by atoms with E-state index < -0.39 is 35.5 Å². The first-order valence-electron chi connectivity index (χ1n) is 14.2. The van der Waals surface area contributed by atoms with Crippen LogP contribution in [0.15, 0.2) is 90.3 Å². The Morgan fingerprint density at radius 1 is 1.07 bits per heavy atom. The number of methoxy groups -OCH3 is 1. The first kappa shape index (κ1) is 30.4. The van der Waals surface area contributed by atoms with Crippen LogP contribution in [0.3, 0.4) is 0 Å². The predicted molar refractivity (Wildman–Crippen MR) is 159 cm³/mol. The second kappa shape index (κ2) is 13.1. The van der Waals surface area contributed by atoms with Crippen molar-refractivity contribution < 1.29 is 27.8 Å². The molecule has 0 aromatic heterocycles. The van der Waals surface area contributed by atoms with E-state index in [-0.39, 0.29) is 30.8 Å². The van der Waals surface area contributed by atoms with Crippen LogP contribution in [-0.2, 0) is 27.3 Å². The zero-order valence-electron chi connectivity index (χ0n) is 24.7. The molecular formula is C34H32F2N4O4. The lowest BCUT2D eigenvalue weighted by Gasteiger charge is -2.46. The lowest BCUT2D eigenvalue weighted by atomic mass is 9.90. The highest BCUT2D eigenvalue weighted by Crippen LogP contribution is 2.43. The van der Waals surface area contributed by atoms with E-state index in [0.29, 0.717) is 29.4 Å². The molecule has 10 heteroatoms. The number of nitriles is 1. The second-order valence-corrected chi connectivity index (χ2v) is 10.6. The third-order valence-corrected chi connectivity index (χ3v) is 7.65. The highest BCUT2D eigenvalue weighted by Gasteiger charge is 2.50. The Kier molecular flexibility index (Phi) is 9.07. The molecule has 0 saturated carbocycles. The van der Waals surface area contributed by atoms with Crippen molar-refractivity contribution in [2.75, 3.05) is 27.4 Å². The number of nitrogens with zero attached hydrogens (tertiary/aromatic N) is 4. The third-order valence-electron chi connectivity index (χ3n) is 7.65. The average Bonchev–Trinajstić information content (AvgIpc) is 3.36. The van der Waals surface area contributed by atoms with Crippen LogP contribution in [0.4, 0.5) is 8.78 Å². The zero-order valence-corrected chi connectivity index (χ0v) is 24.7. The number of ketones is 1. The summed E-state index contributed by atoms with van der Waals surface area (Å²) < 4.78 is 39.5. The maximum Gasteiger partial charge on any atom is 0.337 e. The highest BCUT2D eigenvalue weighted by molar-refractivity contribution is 6.11. The largest absolute Gasteiger partial charge is 0.497 e. The standard InChI is InChI=1S/C34H32F2N4O4/c1-4-44-34(42)33-30(41)18-31-39(21-38(2)20-22-8-6-5-7-9-22)32(23-11-14-26(43-3)15-12-23)27(19-37)29(40(31)33)16-24-10-13-25(35)17-28(24)36/h5-15,17-18,29,33H,4,16,20-21H2,1-3H3. The van der Waals surface area contributed by atoms with Crippen molar-refractivity contribution in [1.29, 1.82) is 5.26 Å². The molecule has 0 saturated heterocycles. The fourth-order valence-corrected chi connectivity index (χ4v) is 5.73. The molecule has 0 bridgehead atoms. The van der Waals surface area contributed by atoms with E-state index in [2.05, 4.69) is 6.07 Å². The van der Waals surface area contributed by atoms with Crippen LogP contribution >= 0.6 is 0 Å². The minimum Gasteiger partial charge on any atom is -0.497 e. The quantitative estimate of drug-likeness (QED) is 0.241. The van der Waals surface area contributed by atoms with E-state index in [1.165, 1.54) is 12.1 Å². The number of halogens is 2. The van der Waals surface area contributed by atoms with E-state index >= 15 is 4.39 Å². The Hall–Kier alpha value is -5.01. The van der Waals surface area contributed by atoms with Crippen LogP contribution in [0.1, 0.15) is 23.6 Å². The normalized spacial score (nSPS) is 17.8. The van der Waals surface area contributed by atoms with Crippen molar-refractivity contribution in [3.05, 3.63) is 119 Å². The minimum atomic E-state index is -1.37. The average molecular weight is 599 g/mol. The van der Waals surface area contributed by atoms with Crippen molar-refractivity contribution in [3.63, 3.8) is 0 Å². The lowest BCUT2D eigenvalue weighted by Crippen LogP contribution is -2.55. The summed E-state index contributed by atoms with van der Waals surface area (Å²) in [7, 11) is 3.46. The SMILES string of the molecule is CCOC(=O)C1C(=O)C=C2N(CN(C)Cc3ccccc3)C(c3ccc(OC)cc3)=C(C#N)C(Cc3ccc(F)cc3F)N21. The molecular weight excluding hydrogens is 566 g/mol. The molecule has 0 N–H and O–H groups in total. The van der Waals surface area contributed by atoms with Gasteiger partial charge in [-0.3, -0.25) is 9.69 Å². The van der Waals surface area contributed by atoms with Crippen LogP contribution in [0, 0.1) is 23.0 Å². The van der Waals surface area contributed by atoms with E-state index in [1.807, 2.05) is 47.2 Å². The molecule has 2 aliphatic rings. The number of carbonyl (C=O) groups excluding carboxylic acids is 2. The van der Waals surface area contributed by atoms with Gasteiger partial charge in [-0.25, -0.2) is 13.6 Å². The van der Waals surface area contributed by atoms with Gasteiger partial charge in [0.1, 0.15) is 23.2 Å². The number of hydrogen-bond donors (Lipinski definition) is 0. The molecule has 0 amide bonds. The molecule has 44 heavy (non-hydrogen) atoms. The van der Waals surface area contributed by atoms with Gasteiger partial charge in [-0.2, -0.15) is 5.26 Å². The monoisotopic (exact) mass is 598 g/mol. The van der Waals surface area contributed by atoms with Crippen LogP contribution < -0.4 is 4.74 Å². The first-order valence-corrected chi connectivity index (χ1v) is 14.2. The number of esters is 1. The fraction of sp³-hybridized carbons (Fsp3) is 0.265. The van der Waals surface area contributed by atoms with Crippen molar-refractivity contribution in [2.45, 2.75) is 32.0 Å². The molecule has 2 heterocycles. The summed E-state index contributed by atoms with van der Waals surface area (Å²) in [4.78, 5) is 32.1. The summed E-state index contributed by atoms with van der Waals surface area (Å²) in [5.41, 5.74) is 2.57. The van der Waals surface area contributed by atoms with Gasteiger partial charge < -0.3 is 19.3 Å². The summed E-state index contributed by atoms with van der Waals surface area (Å²) in [5.74, 6) is -1.81. The number of carbonyl (C=O) groups is 2. The van der Waals surface area contributed by atoms with Crippen molar-refractivity contribution in [3.8, 4) is 11.8 Å². The van der Waals surface area contributed by atoms with E-state index in [0.717, 1.165) is 17.7 Å². The van der Waals surface area contributed by atoms with Gasteiger partial charge >= 0.3 is 5.97 Å². The molecule has 0 radical (unpaired) electrons. The number of fused-ring (bicyclic) bond motifs is 1. The molecule has 0 aliphatic carbocycles. The number of benzene rings is 3. The highest BCUT2D eigenvalue weighted by atomic mass is 19.1. The van der Waals surface area contributed by atoms with Crippen molar-refractivity contribution in [2.24, 2.45) is 0 Å². The third kappa shape index (κ3) is 6.05. The maximum absolute atomic E-state index is 15.0. The minimum absolute atomic E-state index is 0.0462. The molecule has 5 rings (SSSR count). The summed E-state index contributed by atoms with van der Waals surface area (Å²) in [6.07, 6.45) is 1.27. The molecule has 2 unspecified atom stereocenters. The lowest BCUT2D eigenvalue weighted by molar-refractivity contribution is -0.151. The van der Waals surface area contributed by atoms with Gasteiger partial charge in [0.2, 0.25) is 0 Å². The van der Waals surface area contributed by atoms with E-state index in [9.17, 15) is 19.2 Å². The van der Waals surface area contributed by atoms with Crippen LogP contribution in [-0.4, -0.2) is 66.0 Å².